The molecule has 0 saturated heterocycles. The van der Waals surface area contributed by atoms with Crippen molar-refractivity contribution in [3.63, 3.8) is 0 Å². The Hall–Kier alpha value is -3.16. The summed E-state index contributed by atoms with van der Waals surface area (Å²) >= 11 is 3.43. The average molecular weight is 524 g/mol. The first kappa shape index (κ1) is 24.0. The van der Waals surface area contributed by atoms with E-state index in [1.54, 1.807) is 44.6 Å². The predicted molar refractivity (Wildman–Crippen MR) is 134 cm³/mol. The van der Waals surface area contributed by atoms with Crippen molar-refractivity contribution in [2.75, 3.05) is 19.1 Å². The summed E-state index contributed by atoms with van der Waals surface area (Å²) in [4.78, 5) is 28.4. The second-order valence-electron chi connectivity index (χ2n) is 8.52. The van der Waals surface area contributed by atoms with Crippen LogP contribution >= 0.6 is 15.9 Å². The van der Waals surface area contributed by atoms with Gasteiger partial charge in [-0.05, 0) is 61.4 Å². The summed E-state index contributed by atoms with van der Waals surface area (Å²) in [6.45, 7) is 3.96. The molecule has 0 aromatic heterocycles. The van der Waals surface area contributed by atoms with Gasteiger partial charge in [0.1, 0.15) is 0 Å². The summed E-state index contributed by atoms with van der Waals surface area (Å²) in [7, 11) is 3.11. The number of nitrogens with zero attached hydrogens (tertiary/aromatic N) is 1. The van der Waals surface area contributed by atoms with Gasteiger partial charge in [-0.1, -0.05) is 39.7 Å². The van der Waals surface area contributed by atoms with Crippen molar-refractivity contribution in [1.82, 2.24) is 0 Å². The number of Topliss-reactive ketones (excluding diaryl/α,β-unsaturated/α-hetero) is 1. The van der Waals surface area contributed by atoms with E-state index in [-0.39, 0.29) is 18.7 Å². The van der Waals surface area contributed by atoms with Crippen LogP contribution < -0.4 is 14.4 Å². The number of benzene rings is 3. The topological polar surface area (TPSA) is 76.1 Å². The van der Waals surface area contributed by atoms with Crippen LogP contribution in [0.25, 0.3) is 0 Å². The Morgan fingerprint density at radius 1 is 1.00 bits per heavy atom. The highest BCUT2D eigenvalue weighted by atomic mass is 79.9. The van der Waals surface area contributed by atoms with Crippen LogP contribution in [0.1, 0.15) is 39.0 Å². The normalized spacial score (nSPS) is 17.0. The zero-order valence-corrected chi connectivity index (χ0v) is 21.1. The van der Waals surface area contributed by atoms with Crippen molar-refractivity contribution < 1.29 is 24.2 Å². The molecular weight excluding hydrogens is 498 g/mol. The molecule has 0 aliphatic carbocycles. The van der Waals surface area contributed by atoms with Crippen LogP contribution in [-0.4, -0.2) is 31.0 Å². The number of hydrogen-bond donors (Lipinski definition) is 1. The number of rotatable bonds is 7. The molecule has 6 nitrogen and oxygen atoms in total. The van der Waals surface area contributed by atoms with Gasteiger partial charge in [0.2, 0.25) is 0 Å². The molecule has 3 aromatic carbocycles. The summed E-state index contributed by atoms with van der Waals surface area (Å²) in [5.74, 6) is 0.312. The Kier molecular flexibility index (Phi) is 6.51. The van der Waals surface area contributed by atoms with Crippen LogP contribution in [0.2, 0.25) is 0 Å². The molecule has 0 saturated carbocycles. The maximum absolute atomic E-state index is 13.6. The predicted octanol–water partition coefficient (Wildman–Crippen LogP) is 5.09. The van der Waals surface area contributed by atoms with Gasteiger partial charge in [-0.2, -0.15) is 0 Å². The van der Waals surface area contributed by atoms with E-state index < -0.39 is 11.5 Å². The molecule has 1 N–H and O–H groups in total. The first-order valence-electron chi connectivity index (χ1n) is 10.8. The lowest BCUT2D eigenvalue weighted by molar-refractivity contribution is -0.136. The number of ether oxygens (including phenoxy) is 2. The van der Waals surface area contributed by atoms with Gasteiger partial charge in [0.25, 0.3) is 5.91 Å². The maximum atomic E-state index is 13.6. The summed E-state index contributed by atoms with van der Waals surface area (Å²) in [6, 6.07) is 16.3. The lowest BCUT2D eigenvalue weighted by Gasteiger charge is -2.23. The monoisotopic (exact) mass is 523 g/mol. The molecule has 176 valence electrons. The zero-order valence-electron chi connectivity index (χ0n) is 19.5. The van der Waals surface area contributed by atoms with Gasteiger partial charge in [-0.15, -0.1) is 0 Å². The number of carbonyl (C=O) groups excluding carboxylic acids is 2. The summed E-state index contributed by atoms with van der Waals surface area (Å²) in [5, 5.41) is 11.7. The Morgan fingerprint density at radius 2 is 1.74 bits per heavy atom. The number of fused-ring (bicyclic) bond motifs is 1. The van der Waals surface area contributed by atoms with Crippen molar-refractivity contribution in [3.05, 3.63) is 86.9 Å². The first-order chi connectivity index (χ1) is 16.2. The fourth-order valence-electron chi connectivity index (χ4n) is 4.38. The molecule has 34 heavy (non-hydrogen) atoms. The number of aryl methyl sites for hydroxylation is 2. The van der Waals surface area contributed by atoms with Crippen LogP contribution in [-0.2, 0) is 16.9 Å². The molecule has 0 fully saturated rings. The van der Waals surface area contributed by atoms with Crippen molar-refractivity contribution in [2.24, 2.45) is 0 Å². The number of halogens is 1. The number of carbonyl (C=O) groups is 2. The van der Waals surface area contributed by atoms with Gasteiger partial charge in [0, 0.05) is 15.6 Å². The third kappa shape index (κ3) is 4.21. The number of anilines is 1. The van der Waals surface area contributed by atoms with E-state index in [9.17, 15) is 14.7 Å². The SMILES string of the molecule is COc1ccc(CN2C(=O)C(O)(CC(=O)c3cc(C)ccc3C)c3cc(Br)ccc32)cc1OC. The lowest BCUT2D eigenvalue weighted by atomic mass is 9.87. The molecule has 1 aliphatic heterocycles. The van der Waals surface area contributed by atoms with Crippen LogP contribution in [0.4, 0.5) is 5.69 Å². The molecule has 0 radical (unpaired) electrons. The minimum absolute atomic E-state index is 0.202. The van der Waals surface area contributed by atoms with E-state index >= 15 is 0 Å². The minimum atomic E-state index is -1.97. The van der Waals surface area contributed by atoms with Gasteiger partial charge in [-0.25, -0.2) is 0 Å². The standard InChI is InChI=1S/C27H26BrNO5/c1-16-5-6-17(2)20(11-16)23(30)14-27(32)21-13-19(28)8-9-22(21)29(26(27)31)15-18-7-10-24(33-3)25(12-18)34-4/h5-13,32H,14-15H2,1-4H3. The van der Waals surface area contributed by atoms with E-state index in [0.717, 1.165) is 16.7 Å². The van der Waals surface area contributed by atoms with Crippen molar-refractivity contribution in [1.29, 1.82) is 0 Å². The van der Waals surface area contributed by atoms with Crippen molar-refractivity contribution >= 4 is 33.3 Å². The maximum Gasteiger partial charge on any atom is 0.264 e. The lowest BCUT2D eigenvalue weighted by Crippen LogP contribution is -2.41. The zero-order chi connectivity index (χ0) is 24.6. The summed E-state index contributed by atoms with van der Waals surface area (Å²) in [5.41, 5.74) is 2.06. The molecule has 0 bridgehead atoms. The fourth-order valence-corrected chi connectivity index (χ4v) is 4.74. The number of aliphatic hydroxyl groups is 1. The number of hydrogen-bond acceptors (Lipinski definition) is 5. The van der Waals surface area contributed by atoms with Gasteiger partial charge in [0.05, 0.1) is 32.9 Å². The van der Waals surface area contributed by atoms with Gasteiger partial charge < -0.3 is 19.5 Å². The molecule has 3 aromatic rings. The molecule has 1 unspecified atom stereocenters. The first-order valence-corrected chi connectivity index (χ1v) is 11.6. The Morgan fingerprint density at radius 3 is 2.44 bits per heavy atom. The molecule has 1 heterocycles. The molecule has 1 atom stereocenters. The average Bonchev–Trinajstić information content (AvgIpc) is 3.01. The molecular formula is C27H26BrNO5. The van der Waals surface area contributed by atoms with Crippen molar-refractivity contribution in [2.45, 2.75) is 32.4 Å². The summed E-state index contributed by atoms with van der Waals surface area (Å²) < 4.78 is 11.4. The van der Waals surface area contributed by atoms with E-state index in [0.29, 0.717) is 32.8 Å². The van der Waals surface area contributed by atoms with Crippen LogP contribution in [0, 0.1) is 13.8 Å². The third-order valence-corrected chi connectivity index (χ3v) is 6.69. The number of methoxy groups -OCH3 is 2. The smallest absolute Gasteiger partial charge is 0.264 e. The van der Waals surface area contributed by atoms with Crippen molar-refractivity contribution in [3.8, 4) is 11.5 Å². The Balaban J connectivity index is 1.72. The second kappa shape index (κ2) is 9.24. The summed E-state index contributed by atoms with van der Waals surface area (Å²) in [6.07, 6.45) is -0.345. The van der Waals surface area contributed by atoms with Crippen LogP contribution in [0.15, 0.2) is 59.1 Å². The quantitative estimate of drug-likeness (QED) is 0.436. The Bertz CT molecular complexity index is 1290. The van der Waals surface area contributed by atoms with E-state index in [1.807, 2.05) is 38.1 Å². The molecule has 7 heteroatoms. The highest BCUT2D eigenvalue weighted by molar-refractivity contribution is 9.10. The third-order valence-electron chi connectivity index (χ3n) is 6.19. The number of amides is 1. The second-order valence-corrected chi connectivity index (χ2v) is 9.44. The fraction of sp³-hybridized carbons (Fsp3) is 0.259. The molecule has 1 amide bonds. The molecule has 1 aliphatic rings. The van der Waals surface area contributed by atoms with Crippen LogP contribution in [0.5, 0.6) is 11.5 Å². The van der Waals surface area contributed by atoms with Gasteiger partial charge >= 0.3 is 0 Å². The largest absolute Gasteiger partial charge is 0.493 e. The highest BCUT2D eigenvalue weighted by Crippen LogP contribution is 2.45. The number of ketones is 1. The van der Waals surface area contributed by atoms with Gasteiger partial charge in [0.15, 0.2) is 22.9 Å². The Labute approximate surface area is 207 Å². The van der Waals surface area contributed by atoms with E-state index in [1.165, 1.54) is 4.90 Å². The molecule has 0 spiro atoms. The molecule has 4 rings (SSSR count). The highest BCUT2D eigenvalue weighted by Gasteiger charge is 2.51. The van der Waals surface area contributed by atoms with Crippen LogP contribution in [0.3, 0.4) is 0 Å². The van der Waals surface area contributed by atoms with E-state index in [2.05, 4.69) is 15.9 Å². The minimum Gasteiger partial charge on any atom is -0.493 e. The van der Waals surface area contributed by atoms with Gasteiger partial charge in [-0.3, -0.25) is 9.59 Å². The van der Waals surface area contributed by atoms with E-state index in [4.69, 9.17) is 9.47 Å².